The van der Waals surface area contributed by atoms with E-state index in [9.17, 15) is 4.79 Å². The molecule has 0 unspecified atom stereocenters. The largest absolute Gasteiger partial charge is 0.481 e. The number of anilines is 1. The van der Waals surface area contributed by atoms with Crippen LogP contribution in [0.25, 0.3) is 0 Å². The summed E-state index contributed by atoms with van der Waals surface area (Å²) in [6.07, 6.45) is 2.57. The highest BCUT2D eigenvalue weighted by molar-refractivity contribution is 7.15. The fraction of sp³-hybridized carbons (Fsp3) is 0.579. The highest BCUT2D eigenvalue weighted by atomic mass is 32.1. The first-order chi connectivity index (χ1) is 14.5. The predicted molar refractivity (Wildman–Crippen MR) is 109 cm³/mol. The molecule has 2 aromatic rings. The number of hydrogen-bond acceptors (Lipinski definition) is 9. The summed E-state index contributed by atoms with van der Waals surface area (Å²) in [6, 6.07) is 1.52. The molecule has 1 N–H and O–H groups in total. The number of nitrogens with one attached hydrogen (secondary N) is 1. The van der Waals surface area contributed by atoms with Crippen molar-refractivity contribution in [1.29, 1.82) is 0 Å². The van der Waals surface area contributed by atoms with Gasteiger partial charge in [0.2, 0.25) is 11.8 Å². The summed E-state index contributed by atoms with van der Waals surface area (Å²) < 4.78 is 33.6. The van der Waals surface area contributed by atoms with Crippen LogP contribution in [0.3, 0.4) is 0 Å². The van der Waals surface area contributed by atoms with Crippen LogP contribution in [0.2, 0.25) is 0 Å². The third-order valence-electron chi connectivity index (χ3n) is 4.02. The summed E-state index contributed by atoms with van der Waals surface area (Å²) >= 11 is 1.08. The number of hydrogen-bond donors (Lipinski definition) is 1. The monoisotopic (exact) mass is 423 g/mol. The van der Waals surface area contributed by atoms with Gasteiger partial charge >= 0.3 is 6.09 Å². The van der Waals surface area contributed by atoms with Gasteiger partial charge in [0.1, 0.15) is 18.0 Å². The van der Waals surface area contributed by atoms with Crippen LogP contribution in [0.15, 0.2) is 18.6 Å². The molecule has 1 saturated heterocycles. The van der Waals surface area contributed by atoms with Gasteiger partial charge in [-0.05, 0) is 27.7 Å². The van der Waals surface area contributed by atoms with Crippen LogP contribution in [0, 0.1) is 0 Å². The lowest BCUT2D eigenvalue weighted by atomic mass is 10.2. The maximum atomic E-state index is 12.0. The van der Waals surface area contributed by atoms with Gasteiger partial charge in [-0.2, -0.15) is 0 Å². The van der Waals surface area contributed by atoms with E-state index in [4.69, 9.17) is 17.0 Å². The number of carbonyl (C=O) groups is 1. The van der Waals surface area contributed by atoms with Gasteiger partial charge in [0.25, 0.3) is 0 Å². The Hall–Kier alpha value is -2.46. The molecule has 0 aromatic carbocycles. The number of rotatable bonds is 6. The minimum Gasteiger partial charge on any atom is -0.481 e. The van der Waals surface area contributed by atoms with Crippen molar-refractivity contribution < 1.29 is 21.7 Å². The summed E-state index contributed by atoms with van der Waals surface area (Å²) in [5.41, 5.74) is -0.632. The van der Waals surface area contributed by atoms with Crippen molar-refractivity contribution in [3.05, 3.63) is 23.5 Å². The molecule has 1 amide bonds. The Morgan fingerprint density at radius 3 is 2.86 bits per heavy atom. The van der Waals surface area contributed by atoms with Crippen molar-refractivity contribution >= 4 is 22.6 Å². The Kier molecular flexibility index (Phi) is 5.70. The molecule has 2 aromatic heterocycles. The lowest BCUT2D eigenvalue weighted by Gasteiger charge is -2.19. The van der Waals surface area contributed by atoms with E-state index in [1.807, 2.05) is 6.92 Å². The number of aromatic nitrogens is 3. The molecule has 1 fully saturated rings. The molecule has 1 aliphatic heterocycles. The molecule has 2 atom stereocenters. The first-order valence-electron chi connectivity index (χ1n) is 10.2. The Balaban J connectivity index is 1.66. The van der Waals surface area contributed by atoms with Crippen molar-refractivity contribution in [1.82, 2.24) is 19.9 Å². The maximum absolute atomic E-state index is 12.0. The molecule has 0 saturated carbocycles. The van der Waals surface area contributed by atoms with Crippen molar-refractivity contribution in [2.24, 2.45) is 0 Å². The van der Waals surface area contributed by atoms with E-state index in [2.05, 4.69) is 20.3 Å². The third-order valence-corrected chi connectivity index (χ3v) is 4.83. The van der Waals surface area contributed by atoms with Gasteiger partial charge in [-0.3, -0.25) is 10.2 Å². The zero-order valence-corrected chi connectivity index (χ0v) is 17.9. The fourth-order valence-electron chi connectivity index (χ4n) is 2.81. The van der Waals surface area contributed by atoms with Crippen LogP contribution < -0.4 is 14.8 Å². The average Bonchev–Trinajstić information content (AvgIpc) is 3.27. The molecule has 3 rings (SSSR count). The summed E-state index contributed by atoms with van der Waals surface area (Å²) in [5.74, 6) is 0.783. The Morgan fingerprint density at radius 1 is 1.38 bits per heavy atom. The van der Waals surface area contributed by atoms with E-state index in [1.54, 1.807) is 31.7 Å². The van der Waals surface area contributed by atoms with Gasteiger partial charge in [0, 0.05) is 39.3 Å². The number of nitrogens with zero attached hydrogens (tertiary/aromatic N) is 4. The van der Waals surface area contributed by atoms with E-state index in [0.29, 0.717) is 29.6 Å². The van der Waals surface area contributed by atoms with Gasteiger partial charge in [0.15, 0.2) is 5.13 Å². The van der Waals surface area contributed by atoms with Gasteiger partial charge < -0.3 is 14.2 Å². The highest BCUT2D eigenvalue weighted by Crippen LogP contribution is 2.27. The van der Waals surface area contributed by atoms with Crippen molar-refractivity contribution in [2.45, 2.75) is 58.4 Å². The molecule has 9 nitrogen and oxygen atoms in total. The smallest absolute Gasteiger partial charge is 0.413 e. The topological polar surface area (TPSA) is 98.7 Å². The standard InChI is InChI=1S/C19H27N5O4S/c1-12-6-13(27-16-7-15(26-5)21-11-22-16)9-24(12)10-14-8-20-17(29-14)23-18(25)28-19(2,3)4/h7-8,11-13H,6,9-10H2,1-5H3,(H,20,23,25)/t12-,13+/m0/s1/i10D2. The first kappa shape index (κ1) is 18.6. The number of likely N-dealkylation sites (tertiary alicyclic amines) is 1. The van der Waals surface area contributed by atoms with E-state index < -0.39 is 18.2 Å². The van der Waals surface area contributed by atoms with Crippen molar-refractivity contribution in [2.75, 3.05) is 19.0 Å². The molecule has 0 radical (unpaired) electrons. The number of thiazole rings is 1. The molecule has 0 spiro atoms. The van der Waals surface area contributed by atoms with Gasteiger partial charge in [0.05, 0.1) is 13.2 Å². The number of methoxy groups -OCH3 is 1. The third kappa shape index (κ3) is 6.26. The zero-order chi connectivity index (χ0) is 22.8. The summed E-state index contributed by atoms with van der Waals surface area (Å²) in [6.45, 7) is 5.83. The fourth-order valence-corrected chi connectivity index (χ4v) is 3.52. The summed E-state index contributed by atoms with van der Waals surface area (Å²) in [4.78, 5) is 26.2. The van der Waals surface area contributed by atoms with Crippen molar-refractivity contribution in [3.63, 3.8) is 0 Å². The molecular weight excluding hydrogens is 394 g/mol. The number of amides is 1. The molecule has 10 heteroatoms. The van der Waals surface area contributed by atoms with Crippen LogP contribution >= 0.6 is 11.3 Å². The van der Waals surface area contributed by atoms with E-state index >= 15 is 0 Å². The molecule has 0 aliphatic carbocycles. The van der Waals surface area contributed by atoms with Gasteiger partial charge in [-0.25, -0.2) is 19.7 Å². The second-order valence-corrected chi connectivity index (χ2v) is 8.67. The predicted octanol–water partition coefficient (Wildman–Crippen LogP) is 3.33. The van der Waals surface area contributed by atoms with Crippen LogP contribution in [0.5, 0.6) is 11.8 Å². The molecule has 29 heavy (non-hydrogen) atoms. The Morgan fingerprint density at radius 2 is 2.14 bits per heavy atom. The minimum atomic E-state index is -1.79. The SMILES string of the molecule is [2H]C([2H])(c1cnc(NC(=O)OC(C)(C)C)s1)N1C[C@H](Oc2cc(OC)ncn2)C[C@@H]1C. The molecule has 0 bridgehead atoms. The van der Waals surface area contributed by atoms with Crippen LogP contribution in [-0.4, -0.2) is 57.3 Å². The average molecular weight is 424 g/mol. The van der Waals surface area contributed by atoms with Crippen molar-refractivity contribution in [3.8, 4) is 11.8 Å². The molecule has 1 aliphatic rings. The highest BCUT2D eigenvalue weighted by Gasteiger charge is 2.31. The van der Waals surface area contributed by atoms with E-state index in [1.165, 1.54) is 19.6 Å². The van der Waals surface area contributed by atoms with Crippen LogP contribution in [0.4, 0.5) is 9.93 Å². The van der Waals surface area contributed by atoms with Crippen LogP contribution in [0.1, 0.15) is 41.7 Å². The Labute approximate surface area is 177 Å². The molecule has 158 valence electrons. The van der Waals surface area contributed by atoms with E-state index in [0.717, 1.165) is 11.3 Å². The summed E-state index contributed by atoms with van der Waals surface area (Å²) in [5, 5.41) is 2.83. The lowest BCUT2D eigenvalue weighted by Crippen LogP contribution is -2.27. The lowest BCUT2D eigenvalue weighted by molar-refractivity contribution is 0.0636. The minimum absolute atomic E-state index is 0.0758. The summed E-state index contributed by atoms with van der Waals surface area (Å²) in [7, 11) is 1.51. The quantitative estimate of drug-likeness (QED) is 0.755. The van der Waals surface area contributed by atoms with Gasteiger partial charge in [-0.15, -0.1) is 11.3 Å². The van der Waals surface area contributed by atoms with Crippen LogP contribution in [-0.2, 0) is 11.2 Å². The second kappa shape index (κ2) is 8.91. The number of ether oxygens (including phenoxy) is 3. The molecular formula is C19H27N5O4S. The number of carbonyl (C=O) groups excluding carboxylic acids is 1. The van der Waals surface area contributed by atoms with E-state index in [-0.39, 0.29) is 17.3 Å². The van der Waals surface area contributed by atoms with Gasteiger partial charge in [-0.1, -0.05) is 0 Å². The normalized spacial score (nSPS) is 21.3. The second-order valence-electron chi connectivity index (χ2n) is 7.64. The zero-order valence-electron chi connectivity index (χ0n) is 19.1. The maximum Gasteiger partial charge on any atom is 0.413 e. The Bertz CT molecular complexity index is 921. The first-order valence-corrected chi connectivity index (χ1v) is 10.1. The molecule has 3 heterocycles.